The molecule has 130 valence electrons. The molecule has 0 atom stereocenters. The van der Waals surface area contributed by atoms with Crippen LogP contribution in [0.2, 0.25) is 0 Å². The first kappa shape index (κ1) is 17.1. The number of hydrogen-bond donors (Lipinski definition) is 1. The summed E-state index contributed by atoms with van der Waals surface area (Å²) in [6.07, 6.45) is 2.23. The third-order valence-corrected chi connectivity index (χ3v) is 3.79. The van der Waals surface area contributed by atoms with Gasteiger partial charge in [0, 0.05) is 23.2 Å². The number of amides is 1. The van der Waals surface area contributed by atoms with E-state index in [1.807, 2.05) is 6.07 Å². The van der Waals surface area contributed by atoms with Crippen LogP contribution in [0.5, 0.6) is 0 Å². The third-order valence-electron chi connectivity index (χ3n) is 3.79. The van der Waals surface area contributed by atoms with Crippen molar-refractivity contribution < 1.29 is 14.1 Å². The minimum atomic E-state index is -0.756. The van der Waals surface area contributed by atoms with E-state index in [-0.39, 0.29) is 11.3 Å². The van der Waals surface area contributed by atoms with Crippen LogP contribution in [-0.4, -0.2) is 10.8 Å². The number of allylic oxidation sites excluding steroid dienone is 1. The second-order valence-electron chi connectivity index (χ2n) is 5.53. The Labute approximate surface area is 147 Å². The van der Waals surface area contributed by atoms with Gasteiger partial charge in [-0.15, -0.1) is 6.58 Å². The average Bonchev–Trinajstić information content (AvgIpc) is 2.62. The van der Waals surface area contributed by atoms with Crippen molar-refractivity contribution >= 4 is 28.3 Å². The summed E-state index contributed by atoms with van der Waals surface area (Å²) >= 11 is 0. The van der Waals surface area contributed by atoms with Crippen LogP contribution >= 0.6 is 0 Å². The molecule has 1 N–H and O–H groups in total. The zero-order valence-corrected chi connectivity index (χ0v) is 13.6. The van der Waals surface area contributed by atoms with Gasteiger partial charge in [-0.1, -0.05) is 24.3 Å². The molecule has 0 saturated heterocycles. The molecule has 0 bridgehead atoms. The van der Waals surface area contributed by atoms with Gasteiger partial charge in [-0.3, -0.25) is 14.9 Å². The van der Waals surface area contributed by atoms with E-state index in [4.69, 9.17) is 4.42 Å². The highest BCUT2D eigenvalue weighted by molar-refractivity contribution is 6.05. The normalized spacial score (nSPS) is 10.5. The standard InChI is InChI=1S/C19H14N2O5/c1-2-4-12-5-3-6-13-11-16(19(23)26-17(12)13)18(22)20-14-7-9-15(10-8-14)21(24)25/h2-3,5-11H,1,4H2,(H,20,22). The molecule has 0 unspecified atom stereocenters. The summed E-state index contributed by atoms with van der Waals surface area (Å²) in [7, 11) is 0. The van der Waals surface area contributed by atoms with Crippen LogP contribution in [0.25, 0.3) is 11.0 Å². The highest BCUT2D eigenvalue weighted by Crippen LogP contribution is 2.20. The highest BCUT2D eigenvalue weighted by Gasteiger charge is 2.15. The second kappa shape index (κ2) is 7.02. The van der Waals surface area contributed by atoms with Gasteiger partial charge in [0.2, 0.25) is 0 Å². The Morgan fingerprint density at radius 2 is 1.96 bits per heavy atom. The molecule has 3 aromatic rings. The number of non-ortho nitro benzene ring substituents is 1. The zero-order chi connectivity index (χ0) is 18.7. The first-order chi connectivity index (χ1) is 12.5. The number of nitro groups is 1. The molecule has 1 heterocycles. The summed E-state index contributed by atoms with van der Waals surface area (Å²) in [5.41, 5.74) is 0.560. The van der Waals surface area contributed by atoms with Crippen LogP contribution in [0.15, 0.2) is 70.4 Å². The van der Waals surface area contributed by atoms with Gasteiger partial charge in [-0.2, -0.15) is 0 Å². The van der Waals surface area contributed by atoms with Crippen LogP contribution in [0.1, 0.15) is 15.9 Å². The molecular formula is C19H14N2O5. The number of benzene rings is 2. The van der Waals surface area contributed by atoms with Crippen molar-refractivity contribution in [1.82, 2.24) is 0 Å². The van der Waals surface area contributed by atoms with E-state index >= 15 is 0 Å². The van der Waals surface area contributed by atoms with Crippen molar-refractivity contribution in [2.24, 2.45) is 0 Å². The number of anilines is 1. The van der Waals surface area contributed by atoms with Gasteiger partial charge in [0.05, 0.1) is 4.92 Å². The molecule has 2 aromatic carbocycles. The molecule has 7 nitrogen and oxygen atoms in total. The van der Waals surface area contributed by atoms with E-state index < -0.39 is 16.5 Å². The smallest absolute Gasteiger partial charge is 0.349 e. The molecule has 1 amide bonds. The molecule has 0 fully saturated rings. The van der Waals surface area contributed by atoms with Crippen molar-refractivity contribution in [3.63, 3.8) is 0 Å². The average molecular weight is 350 g/mol. The molecular weight excluding hydrogens is 336 g/mol. The minimum absolute atomic E-state index is 0.0945. The Kier molecular flexibility index (Phi) is 4.62. The fraction of sp³-hybridized carbons (Fsp3) is 0.0526. The van der Waals surface area contributed by atoms with E-state index in [2.05, 4.69) is 11.9 Å². The lowest BCUT2D eigenvalue weighted by molar-refractivity contribution is -0.384. The molecule has 0 aliphatic rings. The Hall–Kier alpha value is -3.74. The monoisotopic (exact) mass is 350 g/mol. The Bertz CT molecular complexity index is 1070. The number of hydrogen-bond acceptors (Lipinski definition) is 5. The maximum Gasteiger partial charge on any atom is 0.349 e. The maximum absolute atomic E-state index is 12.4. The van der Waals surface area contributed by atoms with Gasteiger partial charge in [-0.25, -0.2) is 4.79 Å². The number of carbonyl (C=O) groups excluding carboxylic acids is 1. The Morgan fingerprint density at radius 1 is 1.23 bits per heavy atom. The lowest BCUT2D eigenvalue weighted by Gasteiger charge is -2.07. The summed E-state index contributed by atoms with van der Waals surface area (Å²) < 4.78 is 5.33. The summed E-state index contributed by atoms with van der Waals surface area (Å²) in [6, 6.07) is 12.1. The summed E-state index contributed by atoms with van der Waals surface area (Å²) in [6.45, 7) is 3.67. The third kappa shape index (κ3) is 3.36. The largest absolute Gasteiger partial charge is 0.422 e. The molecule has 0 spiro atoms. The Balaban J connectivity index is 1.93. The number of carbonyl (C=O) groups is 1. The van der Waals surface area contributed by atoms with E-state index in [1.165, 1.54) is 30.3 Å². The lowest BCUT2D eigenvalue weighted by Crippen LogP contribution is -2.20. The van der Waals surface area contributed by atoms with Gasteiger partial charge < -0.3 is 9.73 Å². The van der Waals surface area contributed by atoms with E-state index in [0.717, 1.165) is 5.56 Å². The maximum atomic E-state index is 12.4. The first-order valence-corrected chi connectivity index (χ1v) is 7.72. The molecule has 7 heteroatoms. The Morgan fingerprint density at radius 3 is 2.62 bits per heavy atom. The predicted molar refractivity (Wildman–Crippen MR) is 97.4 cm³/mol. The van der Waals surface area contributed by atoms with E-state index in [9.17, 15) is 19.7 Å². The molecule has 0 saturated carbocycles. The van der Waals surface area contributed by atoms with Crippen molar-refractivity contribution in [2.75, 3.05) is 5.32 Å². The van der Waals surface area contributed by atoms with Crippen LogP contribution in [-0.2, 0) is 6.42 Å². The van der Waals surface area contributed by atoms with Crippen molar-refractivity contribution in [3.8, 4) is 0 Å². The van der Waals surface area contributed by atoms with Crippen LogP contribution in [0.3, 0.4) is 0 Å². The predicted octanol–water partition coefficient (Wildman–Crippen LogP) is 3.68. The zero-order valence-electron chi connectivity index (χ0n) is 13.6. The topological polar surface area (TPSA) is 102 Å². The summed E-state index contributed by atoms with van der Waals surface area (Å²) in [5, 5.41) is 13.8. The fourth-order valence-corrected chi connectivity index (χ4v) is 2.54. The lowest BCUT2D eigenvalue weighted by atomic mass is 10.1. The fourth-order valence-electron chi connectivity index (χ4n) is 2.54. The van der Waals surface area contributed by atoms with Gasteiger partial charge >= 0.3 is 5.63 Å². The van der Waals surface area contributed by atoms with Gasteiger partial charge in [0.1, 0.15) is 11.1 Å². The SMILES string of the molecule is C=CCc1cccc2cc(C(=O)Nc3ccc([N+](=O)[O-])cc3)c(=O)oc12. The second-order valence-corrected chi connectivity index (χ2v) is 5.53. The quantitative estimate of drug-likeness (QED) is 0.327. The summed E-state index contributed by atoms with van der Waals surface area (Å²) in [4.78, 5) is 34.7. The van der Waals surface area contributed by atoms with Gasteiger partial charge in [0.15, 0.2) is 0 Å². The van der Waals surface area contributed by atoms with E-state index in [1.54, 1.807) is 18.2 Å². The van der Waals surface area contributed by atoms with Crippen molar-refractivity contribution in [3.05, 3.63) is 92.8 Å². The van der Waals surface area contributed by atoms with Crippen molar-refractivity contribution in [1.29, 1.82) is 0 Å². The molecule has 0 radical (unpaired) electrons. The molecule has 3 rings (SSSR count). The highest BCUT2D eigenvalue weighted by atomic mass is 16.6. The van der Waals surface area contributed by atoms with Gasteiger partial charge in [-0.05, 0) is 30.2 Å². The number of nitrogens with zero attached hydrogens (tertiary/aromatic N) is 1. The van der Waals surface area contributed by atoms with Gasteiger partial charge in [0.25, 0.3) is 11.6 Å². The molecule has 0 aliphatic heterocycles. The van der Waals surface area contributed by atoms with Crippen molar-refractivity contribution in [2.45, 2.75) is 6.42 Å². The van der Waals surface area contributed by atoms with Crippen LogP contribution < -0.4 is 10.9 Å². The van der Waals surface area contributed by atoms with Crippen LogP contribution in [0, 0.1) is 10.1 Å². The minimum Gasteiger partial charge on any atom is -0.422 e. The first-order valence-electron chi connectivity index (χ1n) is 7.72. The molecule has 1 aromatic heterocycles. The number of fused-ring (bicyclic) bond motifs is 1. The summed E-state index contributed by atoms with van der Waals surface area (Å²) in [5.74, 6) is -0.649. The van der Waals surface area contributed by atoms with E-state index in [0.29, 0.717) is 23.1 Å². The van der Waals surface area contributed by atoms with Crippen LogP contribution in [0.4, 0.5) is 11.4 Å². The number of para-hydroxylation sites is 1. The number of nitro benzene ring substituents is 1. The number of nitrogens with one attached hydrogen (secondary N) is 1. The number of rotatable bonds is 5. The molecule has 0 aliphatic carbocycles. The molecule has 26 heavy (non-hydrogen) atoms.